The zero-order valence-corrected chi connectivity index (χ0v) is 14.7. The van der Waals surface area contributed by atoms with E-state index in [4.69, 9.17) is 0 Å². The Bertz CT molecular complexity index is 809. The van der Waals surface area contributed by atoms with Gasteiger partial charge in [0.25, 0.3) is 0 Å². The number of hydrogen-bond acceptors (Lipinski definition) is 3. The summed E-state index contributed by atoms with van der Waals surface area (Å²) in [6.45, 7) is 2.11. The van der Waals surface area contributed by atoms with E-state index in [0.29, 0.717) is 11.8 Å². The fourth-order valence-corrected chi connectivity index (χ4v) is 5.38. The van der Waals surface area contributed by atoms with E-state index in [2.05, 4.69) is 17.5 Å². The average molecular weight is 350 g/mol. The number of anilines is 1. The van der Waals surface area contributed by atoms with Gasteiger partial charge in [0.2, 0.25) is 17.7 Å². The standard InChI is InChI=1S/C21H22N2O3/c1-11-4-2-3-5-16(11)22-17(24)8-9-23-20(25)18-12-6-7-13(15-10-14(12)15)19(18)21(23)26/h2-7,12-15,18-19H,8-10H2,1H3,(H,22,24)/t12-,13+,14-,15-,18+,19-/m1/s1. The van der Waals surface area contributed by atoms with Gasteiger partial charge in [-0.25, -0.2) is 0 Å². The first kappa shape index (κ1) is 15.8. The number of rotatable bonds is 4. The van der Waals surface area contributed by atoms with Crippen molar-refractivity contribution in [1.29, 1.82) is 0 Å². The molecule has 1 aromatic carbocycles. The van der Waals surface area contributed by atoms with Gasteiger partial charge in [-0.05, 0) is 48.6 Å². The lowest BCUT2D eigenvalue weighted by Crippen LogP contribution is -2.40. The summed E-state index contributed by atoms with van der Waals surface area (Å²) in [5, 5.41) is 2.87. The highest BCUT2D eigenvalue weighted by atomic mass is 16.2. The SMILES string of the molecule is Cc1ccccc1NC(=O)CCN1C(=O)[C@@H]2[C@H]3C=C[C@H]([C@H]4C[C@H]34)[C@@H]2C1=O. The molecule has 1 aliphatic heterocycles. The molecule has 0 unspecified atom stereocenters. The van der Waals surface area contributed by atoms with E-state index in [1.807, 2.05) is 31.2 Å². The van der Waals surface area contributed by atoms with Crippen molar-refractivity contribution in [2.24, 2.45) is 35.5 Å². The van der Waals surface area contributed by atoms with Crippen LogP contribution in [0.5, 0.6) is 0 Å². The van der Waals surface area contributed by atoms with E-state index in [9.17, 15) is 14.4 Å². The summed E-state index contributed by atoms with van der Waals surface area (Å²) < 4.78 is 0. The molecular formula is C21H22N2O3. The van der Waals surface area contributed by atoms with Crippen molar-refractivity contribution in [3.8, 4) is 0 Å². The molecule has 0 spiro atoms. The van der Waals surface area contributed by atoms with Crippen molar-refractivity contribution in [2.45, 2.75) is 19.8 Å². The Labute approximate surface area is 152 Å². The van der Waals surface area contributed by atoms with Gasteiger partial charge in [0.05, 0.1) is 11.8 Å². The number of amides is 3. The number of likely N-dealkylation sites (tertiary alicyclic amines) is 1. The predicted molar refractivity (Wildman–Crippen MR) is 95.8 cm³/mol. The minimum atomic E-state index is -0.180. The van der Waals surface area contributed by atoms with E-state index in [1.54, 1.807) is 0 Å². The fraction of sp³-hybridized carbons (Fsp3) is 0.476. The van der Waals surface area contributed by atoms with Crippen LogP contribution in [-0.2, 0) is 14.4 Å². The van der Waals surface area contributed by atoms with E-state index >= 15 is 0 Å². The lowest BCUT2D eigenvalue weighted by atomic mass is 9.63. The highest BCUT2D eigenvalue weighted by Crippen LogP contribution is 2.65. The first-order valence-corrected chi connectivity index (χ1v) is 9.45. The molecule has 2 saturated carbocycles. The normalized spacial score (nSPS) is 36.1. The van der Waals surface area contributed by atoms with Gasteiger partial charge in [0.15, 0.2) is 0 Å². The zero-order chi connectivity index (χ0) is 18.0. The number of carbonyl (C=O) groups is 3. The Morgan fingerprint density at radius 3 is 2.31 bits per heavy atom. The van der Waals surface area contributed by atoms with Crippen molar-refractivity contribution in [3.63, 3.8) is 0 Å². The zero-order valence-electron chi connectivity index (χ0n) is 14.7. The summed E-state index contributed by atoms with van der Waals surface area (Å²) in [4.78, 5) is 39.4. The van der Waals surface area contributed by atoms with Crippen LogP contribution in [0.4, 0.5) is 5.69 Å². The molecular weight excluding hydrogens is 328 g/mol. The van der Waals surface area contributed by atoms with Crippen LogP contribution in [0.25, 0.3) is 0 Å². The second-order valence-corrected chi connectivity index (χ2v) is 8.10. The molecule has 6 atom stereocenters. The molecule has 1 aromatic rings. The molecule has 5 nitrogen and oxygen atoms in total. The molecule has 2 bridgehead atoms. The van der Waals surface area contributed by atoms with Crippen LogP contribution in [-0.4, -0.2) is 29.2 Å². The molecule has 0 radical (unpaired) electrons. The molecule has 6 rings (SSSR count). The topological polar surface area (TPSA) is 66.5 Å². The summed E-state index contributed by atoms with van der Waals surface area (Å²) in [5.74, 6) is 1.02. The molecule has 0 aromatic heterocycles. The van der Waals surface area contributed by atoms with Gasteiger partial charge in [-0.1, -0.05) is 30.4 Å². The van der Waals surface area contributed by atoms with Crippen LogP contribution in [0.2, 0.25) is 0 Å². The Hall–Kier alpha value is -2.43. The first-order valence-electron chi connectivity index (χ1n) is 9.45. The van der Waals surface area contributed by atoms with E-state index in [0.717, 1.165) is 17.7 Å². The molecule has 1 N–H and O–H groups in total. The van der Waals surface area contributed by atoms with Crippen LogP contribution in [0.1, 0.15) is 18.4 Å². The fourth-order valence-electron chi connectivity index (χ4n) is 5.38. The third kappa shape index (κ3) is 2.19. The summed E-state index contributed by atoms with van der Waals surface area (Å²) >= 11 is 0. The molecule has 3 fully saturated rings. The predicted octanol–water partition coefficient (Wildman–Crippen LogP) is 2.38. The maximum Gasteiger partial charge on any atom is 0.233 e. The van der Waals surface area contributed by atoms with Crippen molar-refractivity contribution < 1.29 is 14.4 Å². The summed E-state index contributed by atoms with van der Waals surface area (Å²) in [7, 11) is 0. The maximum atomic E-state index is 12.9. The van der Waals surface area contributed by atoms with Gasteiger partial charge >= 0.3 is 0 Å². The molecule has 1 saturated heterocycles. The van der Waals surface area contributed by atoms with Crippen LogP contribution in [0.15, 0.2) is 36.4 Å². The third-order valence-electron chi connectivity index (χ3n) is 6.74. The van der Waals surface area contributed by atoms with Gasteiger partial charge in [0.1, 0.15) is 0 Å². The van der Waals surface area contributed by atoms with Gasteiger partial charge in [-0.2, -0.15) is 0 Å². The molecule has 26 heavy (non-hydrogen) atoms. The minimum absolute atomic E-state index is 0.0617. The Kier molecular flexibility index (Phi) is 3.36. The number of para-hydroxylation sites is 1. The van der Waals surface area contributed by atoms with Crippen LogP contribution in [0.3, 0.4) is 0 Å². The largest absolute Gasteiger partial charge is 0.326 e. The quantitative estimate of drug-likeness (QED) is 0.670. The number of carbonyl (C=O) groups excluding carboxylic acids is 3. The van der Waals surface area contributed by atoms with Crippen molar-refractivity contribution in [3.05, 3.63) is 42.0 Å². The van der Waals surface area contributed by atoms with Crippen molar-refractivity contribution >= 4 is 23.4 Å². The Morgan fingerprint density at radius 1 is 1.08 bits per heavy atom. The van der Waals surface area contributed by atoms with Crippen molar-refractivity contribution in [2.75, 3.05) is 11.9 Å². The maximum absolute atomic E-state index is 12.9. The molecule has 134 valence electrons. The van der Waals surface area contributed by atoms with E-state index < -0.39 is 0 Å². The number of benzene rings is 1. The Morgan fingerprint density at radius 2 is 1.69 bits per heavy atom. The van der Waals surface area contributed by atoms with Gasteiger partial charge < -0.3 is 5.32 Å². The average Bonchev–Trinajstić information content (AvgIpc) is 3.41. The molecule has 5 heteroatoms. The smallest absolute Gasteiger partial charge is 0.233 e. The van der Waals surface area contributed by atoms with Crippen LogP contribution < -0.4 is 5.32 Å². The third-order valence-corrected chi connectivity index (χ3v) is 6.74. The minimum Gasteiger partial charge on any atom is -0.326 e. The van der Waals surface area contributed by atoms with Crippen LogP contribution >= 0.6 is 0 Å². The van der Waals surface area contributed by atoms with Gasteiger partial charge in [0, 0.05) is 18.7 Å². The first-order chi connectivity index (χ1) is 12.6. The highest BCUT2D eigenvalue weighted by molar-refractivity contribution is 6.06. The van der Waals surface area contributed by atoms with Crippen molar-refractivity contribution in [1.82, 2.24) is 4.90 Å². The molecule has 3 amide bonds. The monoisotopic (exact) mass is 350 g/mol. The number of allylic oxidation sites excluding steroid dienone is 2. The molecule has 5 aliphatic rings. The highest BCUT2D eigenvalue weighted by Gasteiger charge is 2.66. The Balaban J connectivity index is 1.26. The lowest BCUT2D eigenvalue weighted by Gasteiger charge is -2.37. The lowest BCUT2D eigenvalue weighted by molar-refractivity contribution is -0.140. The van der Waals surface area contributed by atoms with E-state index in [-0.39, 0.29) is 54.4 Å². The van der Waals surface area contributed by atoms with Gasteiger partial charge in [-0.15, -0.1) is 0 Å². The molecule has 1 heterocycles. The number of nitrogens with one attached hydrogen (secondary N) is 1. The summed E-state index contributed by atoms with van der Waals surface area (Å²) in [6, 6.07) is 7.57. The number of imide groups is 1. The van der Waals surface area contributed by atoms with Crippen LogP contribution in [0, 0.1) is 42.4 Å². The number of aryl methyl sites for hydroxylation is 1. The number of nitrogens with zero attached hydrogens (tertiary/aromatic N) is 1. The molecule has 4 aliphatic carbocycles. The van der Waals surface area contributed by atoms with E-state index in [1.165, 1.54) is 4.90 Å². The second kappa shape index (κ2) is 5.53. The summed E-state index contributed by atoms with van der Waals surface area (Å²) in [5.41, 5.74) is 1.76. The summed E-state index contributed by atoms with van der Waals surface area (Å²) in [6.07, 6.45) is 5.63. The van der Waals surface area contributed by atoms with Gasteiger partial charge in [-0.3, -0.25) is 19.3 Å². The second-order valence-electron chi connectivity index (χ2n) is 8.10. The number of hydrogen-bond donors (Lipinski definition) is 1.